The summed E-state index contributed by atoms with van der Waals surface area (Å²) in [4.78, 5) is 51.7. The number of Topliss-reactive ketones (excluding diaryl/α,β-unsaturated/α-hetero) is 1. The lowest BCUT2D eigenvalue weighted by atomic mass is 9.75. The molecule has 2 aromatic carbocycles. The summed E-state index contributed by atoms with van der Waals surface area (Å²) < 4.78 is 15.6. The van der Waals surface area contributed by atoms with E-state index in [1.165, 1.54) is 31.2 Å². The predicted molar refractivity (Wildman–Crippen MR) is 106 cm³/mol. The van der Waals surface area contributed by atoms with Crippen molar-refractivity contribution >= 4 is 23.3 Å². The molecule has 2 aromatic rings. The summed E-state index contributed by atoms with van der Waals surface area (Å²) >= 11 is 0. The number of carbonyl (C=O) groups excluding carboxylic acids is 3. The van der Waals surface area contributed by atoms with Crippen LogP contribution < -0.4 is 14.4 Å². The second-order valence-corrected chi connectivity index (χ2v) is 7.14. The Kier molecular flexibility index (Phi) is 4.84. The highest BCUT2D eigenvalue weighted by Crippen LogP contribution is 2.48. The molecule has 0 aliphatic carbocycles. The van der Waals surface area contributed by atoms with Crippen molar-refractivity contribution in [1.82, 2.24) is 0 Å². The quantitative estimate of drug-likeness (QED) is 0.307. The molecular weight excluding hydrogens is 408 g/mol. The fraction of sp³-hybridized carbons (Fsp3) is 0.286. The molecule has 4 rings (SSSR count). The Hall–Kier alpha value is -3.95. The van der Waals surface area contributed by atoms with E-state index in [9.17, 15) is 24.5 Å². The first-order valence-corrected chi connectivity index (χ1v) is 9.36. The number of nitrogens with zero attached hydrogens (tertiary/aromatic N) is 2. The molecule has 10 nitrogen and oxygen atoms in total. The highest BCUT2D eigenvalue weighted by molar-refractivity contribution is 6.30. The molecule has 0 radical (unpaired) electrons. The van der Waals surface area contributed by atoms with E-state index in [0.717, 1.165) is 12.0 Å². The van der Waals surface area contributed by atoms with Crippen molar-refractivity contribution < 1.29 is 33.5 Å². The van der Waals surface area contributed by atoms with Gasteiger partial charge in [-0.15, -0.1) is 0 Å². The standard InChI is InChI=1S/C21H18N2O8/c1-12(24)23-16-6-4-3-5-14(16)19(25)21(23,20(26)29-2)15(10-22(27)28)13-7-8-17-18(9-13)31-11-30-17/h3-9,15H,10-11H2,1-2H3/t15-,21+/m1/s1. The number of nitro groups is 1. The average Bonchev–Trinajstić information content (AvgIpc) is 3.32. The summed E-state index contributed by atoms with van der Waals surface area (Å²) in [5.41, 5.74) is -1.72. The van der Waals surface area contributed by atoms with E-state index in [0.29, 0.717) is 11.5 Å². The molecule has 0 saturated carbocycles. The maximum atomic E-state index is 13.7. The number of carbonyl (C=O) groups is 3. The number of amides is 1. The third-order valence-corrected chi connectivity index (χ3v) is 5.53. The van der Waals surface area contributed by atoms with E-state index in [-0.39, 0.29) is 23.6 Å². The SMILES string of the molecule is COC(=O)[C@]1([C@H](C[N+](=O)[O-])c2ccc3c(c2)OCO3)C(=O)c2ccccc2N1C(C)=O. The van der Waals surface area contributed by atoms with Crippen molar-refractivity contribution in [3.05, 3.63) is 63.7 Å². The highest BCUT2D eigenvalue weighted by Gasteiger charge is 2.65. The van der Waals surface area contributed by atoms with Gasteiger partial charge in [0, 0.05) is 17.4 Å². The first kappa shape index (κ1) is 20.3. The minimum Gasteiger partial charge on any atom is -0.467 e. The van der Waals surface area contributed by atoms with E-state index in [2.05, 4.69) is 0 Å². The van der Waals surface area contributed by atoms with Gasteiger partial charge in [-0.25, -0.2) is 4.79 Å². The van der Waals surface area contributed by atoms with Crippen LogP contribution in [-0.4, -0.2) is 48.6 Å². The zero-order valence-corrected chi connectivity index (χ0v) is 16.7. The topological polar surface area (TPSA) is 125 Å². The third kappa shape index (κ3) is 2.90. The fourth-order valence-electron chi connectivity index (χ4n) is 4.33. The molecule has 0 spiro atoms. The lowest BCUT2D eigenvalue weighted by Gasteiger charge is -2.38. The summed E-state index contributed by atoms with van der Waals surface area (Å²) in [6.45, 7) is 0.360. The van der Waals surface area contributed by atoms with Crippen molar-refractivity contribution in [2.45, 2.75) is 18.4 Å². The van der Waals surface area contributed by atoms with Gasteiger partial charge in [0.25, 0.3) is 0 Å². The van der Waals surface area contributed by atoms with Crippen molar-refractivity contribution in [2.75, 3.05) is 25.3 Å². The molecule has 0 N–H and O–H groups in total. The van der Waals surface area contributed by atoms with Crippen molar-refractivity contribution in [3.8, 4) is 11.5 Å². The Morgan fingerprint density at radius 1 is 1.23 bits per heavy atom. The number of methoxy groups -OCH3 is 1. The zero-order chi connectivity index (χ0) is 22.3. The first-order valence-electron chi connectivity index (χ1n) is 9.36. The first-order chi connectivity index (χ1) is 14.8. The van der Waals surface area contributed by atoms with Gasteiger partial charge < -0.3 is 14.2 Å². The lowest BCUT2D eigenvalue weighted by molar-refractivity contribution is -0.484. The van der Waals surface area contributed by atoms with Gasteiger partial charge in [-0.3, -0.25) is 24.6 Å². The number of anilines is 1. The van der Waals surface area contributed by atoms with Gasteiger partial charge in [0.15, 0.2) is 11.5 Å². The number of fused-ring (bicyclic) bond motifs is 2. The average molecular weight is 426 g/mol. The van der Waals surface area contributed by atoms with Crippen LogP contribution in [0.4, 0.5) is 5.69 Å². The normalized spacial score (nSPS) is 19.7. The lowest BCUT2D eigenvalue weighted by Crippen LogP contribution is -2.63. The van der Waals surface area contributed by atoms with Crippen LogP contribution in [0.3, 0.4) is 0 Å². The van der Waals surface area contributed by atoms with Crippen LogP contribution in [0.5, 0.6) is 11.5 Å². The van der Waals surface area contributed by atoms with E-state index in [1.807, 2.05) is 0 Å². The number of esters is 1. The van der Waals surface area contributed by atoms with Gasteiger partial charge >= 0.3 is 5.97 Å². The van der Waals surface area contributed by atoms with Crippen LogP contribution in [0, 0.1) is 10.1 Å². The zero-order valence-electron chi connectivity index (χ0n) is 16.7. The minimum absolute atomic E-state index is 0.0230. The summed E-state index contributed by atoms with van der Waals surface area (Å²) in [7, 11) is 1.07. The van der Waals surface area contributed by atoms with Gasteiger partial charge in [-0.2, -0.15) is 0 Å². The largest absolute Gasteiger partial charge is 0.467 e. The molecule has 2 atom stereocenters. The van der Waals surface area contributed by atoms with E-state index >= 15 is 0 Å². The molecule has 1 amide bonds. The monoisotopic (exact) mass is 426 g/mol. The second kappa shape index (κ2) is 7.38. The summed E-state index contributed by atoms with van der Waals surface area (Å²) in [5, 5.41) is 11.7. The Labute approximate surface area is 176 Å². The molecule has 2 aliphatic heterocycles. The van der Waals surface area contributed by atoms with Gasteiger partial charge in [-0.1, -0.05) is 18.2 Å². The minimum atomic E-state index is -2.29. The molecule has 0 saturated heterocycles. The Bertz CT molecular complexity index is 1110. The number of hydrogen-bond acceptors (Lipinski definition) is 8. The molecule has 0 unspecified atom stereocenters. The van der Waals surface area contributed by atoms with Crippen LogP contribution >= 0.6 is 0 Å². The molecular formula is C21H18N2O8. The number of ketones is 1. The molecule has 10 heteroatoms. The third-order valence-electron chi connectivity index (χ3n) is 5.53. The molecule has 160 valence electrons. The number of rotatable bonds is 5. The fourth-order valence-corrected chi connectivity index (χ4v) is 4.33. The Balaban J connectivity index is 2.00. The van der Waals surface area contributed by atoms with Gasteiger partial charge in [0.2, 0.25) is 30.6 Å². The highest BCUT2D eigenvalue weighted by atomic mass is 16.7. The molecule has 2 heterocycles. The van der Waals surface area contributed by atoms with E-state index in [1.54, 1.807) is 18.2 Å². The van der Waals surface area contributed by atoms with Crippen molar-refractivity contribution in [2.24, 2.45) is 0 Å². The number of ether oxygens (including phenoxy) is 3. The van der Waals surface area contributed by atoms with Crippen LogP contribution in [0.2, 0.25) is 0 Å². The number of hydrogen-bond donors (Lipinski definition) is 0. The predicted octanol–water partition coefficient (Wildman–Crippen LogP) is 1.94. The summed E-state index contributed by atoms with van der Waals surface area (Å²) in [5.74, 6) is -3.03. The number of para-hydroxylation sites is 1. The van der Waals surface area contributed by atoms with E-state index < -0.39 is 40.6 Å². The second-order valence-electron chi connectivity index (χ2n) is 7.14. The van der Waals surface area contributed by atoms with Crippen LogP contribution in [0.1, 0.15) is 28.8 Å². The maximum Gasteiger partial charge on any atom is 0.341 e. The maximum absolute atomic E-state index is 13.7. The Morgan fingerprint density at radius 3 is 2.61 bits per heavy atom. The van der Waals surface area contributed by atoms with Crippen LogP contribution in [-0.2, 0) is 14.3 Å². The molecule has 2 aliphatic rings. The van der Waals surface area contributed by atoms with Gasteiger partial charge in [-0.05, 0) is 29.8 Å². The van der Waals surface area contributed by atoms with Gasteiger partial charge in [0.1, 0.15) is 0 Å². The van der Waals surface area contributed by atoms with Crippen LogP contribution in [0.25, 0.3) is 0 Å². The van der Waals surface area contributed by atoms with Crippen LogP contribution in [0.15, 0.2) is 42.5 Å². The molecule has 31 heavy (non-hydrogen) atoms. The number of benzene rings is 2. The molecule has 0 bridgehead atoms. The molecule has 0 fully saturated rings. The van der Waals surface area contributed by atoms with Crippen molar-refractivity contribution in [3.63, 3.8) is 0 Å². The Morgan fingerprint density at radius 2 is 1.94 bits per heavy atom. The summed E-state index contributed by atoms with van der Waals surface area (Å²) in [6.07, 6.45) is 0. The van der Waals surface area contributed by atoms with E-state index in [4.69, 9.17) is 14.2 Å². The summed E-state index contributed by atoms with van der Waals surface area (Å²) in [6, 6.07) is 10.7. The van der Waals surface area contributed by atoms with Gasteiger partial charge in [0.05, 0.1) is 18.7 Å². The molecule has 0 aromatic heterocycles. The van der Waals surface area contributed by atoms with Crippen molar-refractivity contribution in [1.29, 1.82) is 0 Å². The smallest absolute Gasteiger partial charge is 0.341 e.